The van der Waals surface area contributed by atoms with Crippen LogP contribution in [0.15, 0.2) is 79.3 Å². The Labute approximate surface area is 205 Å². The second kappa shape index (κ2) is 9.44. The first-order valence-corrected chi connectivity index (χ1v) is 11.0. The highest BCUT2D eigenvalue weighted by molar-refractivity contribution is 6.12. The average Bonchev–Trinajstić information content (AvgIpc) is 3.31. The van der Waals surface area contributed by atoms with Gasteiger partial charge in [-0.2, -0.15) is 15.0 Å². The summed E-state index contributed by atoms with van der Waals surface area (Å²) in [6.45, 7) is 1.93. The zero-order valence-corrected chi connectivity index (χ0v) is 19.1. The van der Waals surface area contributed by atoms with E-state index in [9.17, 15) is 15.2 Å². The molecule has 5 aromatic rings. The van der Waals surface area contributed by atoms with E-state index in [2.05, 4.69) is 37.3 Å². The van der Waals surface area contributed by atoms with Crippen molar-refractivity contribution in [2.75, 3.05) is 16.2 Å². The van der Waals surface area contributed by atoms with E-state index in [1.165, 1.54) is 10.9 Å². The number of aromatic nitrogens is 4. The molecule has 2 aromatic heterocycles. The van der Waals surface area contributed by atoms with E-state index in [-0.39, 0.29) is 34.3 Å². The maximum absolute atomic E-state index is 13.1. The van der Waals surface area contributed by atoms with Crippen LogP contribution in [0.3, 0.4) is 0 Å². The van der Waals surface area contributed by atoms with Crippen molar-refractivity contribution in [2.45, 2.75) is 6.92 Å². The Morgan fingerprint density at radius 3 is 2.61 bits per heavy atom. The first-order chi connectivity index (χ1) is 17.5. The number of phenolic OH excluding ortho intramolecular Hbond substituents is 1. The Bertz CT molecular complexity index is 1620. The molecule has 0 bridgehead atoms. The van der Waals surface area contributed by atoms with Gasteiger partial charge in [0, 0.05) is 23.5 Å². The van der Waals surface area contributed by atoms with Crippen LogP contribution in [0.4, 0.5) is 17.2 Å². The molecule has 0 saturated carbocycles. The van der Waals surface area contributed by atoms with Crippen molar-refractivity contribution in [1.29, 1.82) is 5.26 Å². The van der Waals surface area contributed by atoms with Crippen molar-refractivity contribution < 1.29 is 9.90 Å². The number of nitriles is 1. The quantitative estimate of drug-likeness (QED) is 0.209. The molecule has 3 aromatic carbocycles. The number of carbonyl (C=O) groups excluding carboxylic acids is 1. The molecule has 0 saturated heterocycles. The van der Waals surface area contributed by atoms with Crippen LogP contribution in [0.25, 0.3) is 16.7 Å². The molecule has 10 heteroatoms. The van der Waals surface area contributed by atoms with E-state index in [0.717, 1.165) is 10.9 Å². The summed E-state index contributed by atoms with van der Waals surface area (Å²) >= 11 is 0. The first-order valence-electron chi connectivity index (χ1n) is 11.0. The average molecular weight is 477 g/mol. The Morgan fingerprint density at radius 1 is 1.03 bits per heavy atom. The maximum Gasteiger partial charge on any atom is 0.259 e. The third-order valence-corrected chi connectivity index (χ3v) is 5.48. The van der Waals surface area contributed by atoms with Crippen LogP contribution in [-0.4, -0.2) is 30.8 Å². The van der Waals surface area contributed by atoms with E-state index in [0.29, 0.717) is 11.1 Å². The van der Waals surface area contributed by atoms with Gasteiger partial charge in [0.25, 0.3) is 11.9 Å². The largest absolute Gasteiger partial charge is 0.505 e. The van der Waals surface area contributed by atoms with E-state index in [1.54, 1.807) is 30.6 Å². The van der Waals surface area contributed by atoms with E-state index in [1.807, 2.05) is 49.4 Å². The minimum atomic E-state index is -0.465. The molecule has 0 atom stereocenters. The summed E-state index contributed by atoms with van der Waals surface area (Å²) < 4.78 is 1.36. The highest BCUT2D eigenvalue weighted by atomic mass is 16.3. The summed E-state index contributed by atoms with van der Waals surface area (Å²) in [5.74, 6) is -0.204. The van der Waals surface area contributed by atoms with Gasteiger partial charge in [-0.15, -0.1) is 0 Å². The van der Waals surface area contributed by atoms with Crippen LogP contribution in [0.5, 0.6) is 5.75 Å². The summed E-state index contributed by atoms with van der Waals surface area (Å²) in [6, 6.07) is 20.1. The molecule has 36 heavy (non-hydrogen) atoms. The number of nitrogens with one attached hydrogen (secondary N) is 3. The fraction of sp³-hybridized carbons (Fsp3) is 0.0385. The van der Waals surface area contributed by atoms with Crippen LogP contribution in [-0.2, 0) is 0 Å². The Balaban J connectivity index is 1.53. The van der Waals surface area contributed by atoms with Gasteiger partial charge in [-0.3, -0.25) is 15.6 Å². The number of nitrogens with zero attached hydrogens (tertiary/aromatic N) is 5. The summed E-state index contributed by atoms with van der Waals surface area (Å²) in [4.78, 5) is 21.5. The molecule has 4 N–H and O–H groups in total. The molecule has 0 unspecified atom stereocenters. The number of aryl methyl sites for hydroxylation is 1. The smallest absolute Gasteiger partial charge is 0.259 e. The zero-order valence-electron chi connectivity index (χ0n) is 19.1. The standard InChI is InChI=1S/C26H20N8O2/c1-16-6-4-8-19(12-16)31-25(36)21-13-17-7-2-3-9-20(17)22(23(21)35)32-33-24-18(14-27)15-30-34(24)26-28-10-5-11-29-26/h2-13,15,32-33,35H,1H3,(H,31,36). The number of carbonyl (C=O) groups is 1. The predicted molar refractivity (Wildman–Crippen MR) is 136 cm³/mol. The molecular formula is C26H20N8O2. The molecule has 5 rings (SSSR count). The van der Waals surface area contributed by atoms with Crippen LogP contribution < -0.4 is 16.2 Å². The number of fused-ring (bicyclic) bond motifs is 1. The lowest BCUT2D eigenvalue weighted by molar-refractivity contribution is 0.102. The number of amides is 1. The molecule has 2 heterocycles. The lowest BCUT2D eigenvalue weighted by Gasteiger charge is -2.17. The molecule has 0 aliphatic carbocycles. The van der Waals surface area contributed by atoms with Crippen LogP contribution in [0.1, 0.15) is 21.5 Å². The molecule has 0 radical (unpaired) electrons. The third kappa shape index (κ3) is 4.24. The number of rotatable bonds is 6. The predicted octanol–water partition coefficient (Wildman–Crippen LogP) is 4.39. The monoisotopic (exact) mass is 476 g/mol. The molecule has 0 spiro atoms. The molecule has 0 aliphatic rings. The minimum Gasteiger partial charge on any atom is -0.505 e. The lowest BCUT2D eigenvalue weighted by Crippen LogP contribution is -2.17. The topological polar surface area (TPSA) is 141 Å². The molecule has 0 fully saturated rings. The van der Waals surface area contributed by atoms with Crippen LogP contribution in [0.2, 0.25) is 0 Å². The fourth-order valence-electron chi connectivity index (χ4n) is 3.78. The number of phenols is 1. The zero-order chi connectivity index (χ0) is 25.1. The maximum atomic E-state index is 13.1. The number of hydrogen-bond donors (Lipinski definition) is 4. The van der Waals surface area contributed by atoms with Gasteiger partial charge in [0.05, 0.1) is 11.8 Å². The van der Waals surface area contributed by atoms with Gasteiger partial charge < -0.3 is 10.4 Å². The summed E-state index contributed by atoms with van der Waals surface area (Å²) in [5.41, 5.74) is 8.08. The summed E-state index contributed by atoms with van der Waals surface area (Å²) in [5, 5.41) is 29.1. The van der Waals surface area contributed by atoms with E-state index >= 15 is 0 Å². The Kier molecular flexibility index (Phi) is 5.86. The van der Waals surface area contributed by atoms with Gasteiger partial charge in [0.2, 0.25) is 0 Å². The van der Waals surface area contributed by atoms with Gasteiger partial charge in [0.15, 0.2) is 11.6 Å². The SMILES string of the molecule is Cc1cccc(NC(=O)c2cc3ccccc3c(NNc3c(C#N)cnn3-c3ncccn3)c2O)c1. The lowest BCUT2D eigenvalue weighted by atomic mass is 10.0. The van der Waals surface area contributed by atoms with Crippen LogP contribution >= 0.6 is 0 Å². The Hall–Kier alpha value is -5.43. The van der Waals surface area contributed by atoms with Gasteiger partial charge in [-0.05, 0) is 42.1 Å². The van der Waals surface area contributed by atoms with Crippen LogP contribution in [0, 0.1) is 18.3 Å². The molecule has 1 amide bonds. The molecule has 176 valence electrons. The second-order valence-electron chi connectivity index (χ2n) is 7.92. The number of hydrazine groups is 1. The normalized spacial score (nSPS) is 10.6. The highest BCUT2D eigenvalue weighted by Crippen LogP contribution is 2.37. The van der Waals surface area contributed by atoms with Crippen molar-refractivity contribution in [1.82, 2.24) is 19.7 Å². The highest BCUT2D eigenvalue weighted by Gasteiger charge is 2.20. The number of benzene rings is 3. The van der Waals surface area contributed by atoms with Gasteiger partial charge in [0.1, 0.15) is 17.3 Å². The van der Waals surface area contributed by atoms with Gasteiger partial charge >= 0.3 is 0 Å². The van der Waals surface area contributed by atoms with Crippen molar-refractivity contribution >= 4 is 33.9 Å². The van der Waals surface area contributed by atoms with Crippen molar-refractivity contribution in [3.63, 3.8) is 0 Å². The minimum absolute atomic E-state index is 0.0833. The summed E-state index contributed by atoms with van der Waals surface area (Å²) in [6.07, 6.45) is 4.50. The molecule has 10 nitrogen and oxygen atoms in total. The number of anilines is 3. The van der Waals surface area contributed by atoms with Crippen molar-refractivity contribution in [3.8, 4) is 17.8 Å². The Morgan fingerprint density at radius 2 is 1.83 bits per heavy atom. The van der Waals surface area contributed by atoms with Gasteiger partial charge in [-0.25, -0.2) is 9.97 Å². The second-order valence-corrected chi connectivity index (χ2v) is 7.92. The number of hydrogen-bond acceptors (Lipinski definition) is 8. The molecule has 0 aliphatic heterocycles. The first kappa shape index (κ1) is 22.4. The fourth-order valence-corrected chi connectivity index (χ4v) is 3.78. The molecular weight excluding hydrogens is 456 g/mol. The van der Waals surface area contributed by atoms with Gasteiger partial charge in [-0.1, -0.05) is 36.4 Å². The third-order valence-electron chi connectivity index (χ3n) is 5.48. The number of aromatic hydroxyl groups is 1. The summed E-state index contributed by atoms with van der Waals surface area (Å²) in [7, 11) is 0. The van der Waals surface area contributed by atoms with Crippen molar-refractivity contribution in [3.05, 3.63) is 95.9 Å². The van der Waals surface area contributed by atoms with E-state index in [4.69, 9.17) is 0 Å². The van der Waals surface area contributed by atoms with Crippen molar-refractivity contribution in [2.24, 2.45) is 0 Å². The van der Waals surface area contributed by atoms with E-state index < -0.39 is 5.91 Å².